The van der Waals surface area contributed by atoms with E-state index in [1.165, 1.54) is 18.2 Å². The third-order valence-corrected chi connectivity index (χ3v) is 8.60. The molecular weight excluding hydrogens is 592 g/mol. The lowest BCUT2D eigenvalue weighted by atomic mass is 9.97. The first kappa shape index (κ1) is 28.4. The highest BCUT2D eigenvalue weighted by atomic mass is 32.2. The third-order valence-electron chi connectivity index (χ3n) is 6.94. The molecule has 1 aliphatic heterocycles. The van der Waals surface area contributed by atoms with Crippen LogP contribution in [0.25, 0.3) is 39.4 Å². The number of benzene rings is 4. The molecule has 12 heteroatoms. The van der Waals surface area contributed by atoms with Crippen LogP contribution in [-0.2, 0) is 27.0 Å². The lowest BCUT2D eigenvalue weighted by molar-refractivity contribution is -0.499. The van der Waals surface area contributed by atoms with Crippen LogP contribution in [-0.4, -0.2) is 25.9 Å². The van der Waals surface area contributed by atoms with Crippen LogP contribution in [0.5, 0.6) is 5.75 Å². The quantitative estimate of drug-likeness (QED) is 0.172. The van der Waals surface area contributed by atoms with Gasteiger partial charge in [-0.15, -0.1) is 8.42 Å². The summed E-state index contributed by atoms with van der Waals surface area (Å²) in [6.45, 7) is 1.87. The fourth-order valence-electron chi connectivity index (χ4n) is 5.16. The average Bonchev–Trinajstić information content (AvgIpc) is 3.55. The van der Waals surface area contributed by atoms with E-state index in [1.807, 2.05) is 73.7 Å². The van der Waals surface area contributed by atoms with Gasteiger partial charge >= 0.3 is 26.5 Å². The van der Waals surface area contributed by atoms with Crippen molar-refractivity contribution in [2.75, 3.05) is 4.31 Å². The number of rotatable bonds is 7. The summed E-state index contributed by atoms with van der Waals surface area (Å²) < 4.78 is 83.2. The Morgan fingerprint density at radius 3 is 2.14 bits per heavy atom. The summed E-state index contributed by atoms with van der Waals surface area (Å²) in [6.07, 6.45) is 4.20. The number of anilines is 1. The molecule has 5 aromatic rings. The van der Waals surface area contributed by atoms with Crippen LogP contribution in [0.4, 0.5) is 5.69 Å². The lowest BCUT2D eigenvalue weighted by Crippen LogP contribution is -2.44. The molecule has 0 spiro atoms. The van der Waals surface area contributed by atoms with Gasteiger partial charge in [-0.3, -0.25) is 4.55 Å². The number of fused-ring (bicyclic) bond motifs is 2. The van der Waals surface area contributed by atoms with Crippen molar-refractivity contribution in [2.24, 2.45) is 0 Å². The van der Waals surface area contributed by atoms with Crippen LogP contribution >= 0.6 is 0 Å². The third kappa shape index (κ3) is 5.32. The second kappa shape index (κ2) is 10.8. The van der Waals surface area contributed by atoms with Crippen molar-refractivity contribution in [1.29, 1.82) is 0 Å². The minimum absolute atomic E-state index is 0.0984. The number of aromatic nitrogens is 1. The first-order valence-corrected chi connectivity index (χ1v) is 15.9. The van der Waals surface area contributed by atoms with Gasteiger partial charge in [-0.2, -0.15) is 12.7 Å². The maximum absolute atomic E-state index is 12.6. The highest BCUT2D eigenvalue weighted by molar-refractivity contribution is 7.87. The minimum atomic E-state index is -4.83. The largest absolute Gasteiger partial charge is 0.515 e. The molecule has 1 aromatic heterocycles. The van der Waals surface area contributed by atoms with E-state index in [9.17, 15) is 25.9 Å². The van der Waals surface area contributed by atoms with E-state index >= 15 is 0 Å². The Morgan fingerprint density at radius 1 is 0.837 bits per heavy atom. The maximum atomic E-state index is 12.6. The predicted octanol–water partition coefficient (Wildman–Crippen LogP) is 5.82. The standard InChI is InChI=1S/C31H24N2O8S2/c1-2-24-25(22-12-7-4-8-13-22)17-19-28-31(24)33(43(37,38)39)30(41-28)15-9-14-29-32(42(34,35)36)26-20-23(16-18-27(26)40-29)21-10-5-3-6-11-21/h3-20H,2H2,1H3,(H-,34,35,36,37,38,39)/p+1. The second-order valence-electron chi connectivity index (χ2n) is 9.60. The summed E-state index contributed by atoms with van der Waals surface area (Å²) in [6, 6.07) is 27.0. The van der Waals surface area contributed by atoms with E-state index in [1.54, 1.807) is 24.3 Å². The highest BCUT2D eigenvalue weighted by Gasteiger charge is 2.36. The molecule has 2 N–H and O–H groups in total. The molecule has 0 saturated carbocycles. The van der Waals surface area contributed by atoms with E-state index in [2.05, 4.69) is 0 Å². The summed E-state index contributed by atoms with van der Waals surface area (Å²) in [5.41, 5.74) is 4.32. The normalized spacial score (nSPS) is 14.5. The molecule has 218 valence electrons. The molecule has 43 heavy (non-hydrogen) atoms. The summed E-state index contributed by atoms with van der Waals surface area (Å²) in [5.74, 6) is -0.307. The molecular formula is C31H25N2O8S2+. The van der Waals surface area contributed by atoms with Crippen LogP contribution < -0.4 is 13.0 Å². The van der Waals surface area contributed by atoms with E-state index < -0.39 is 20.6 Å². The van der Waals surface area contributed by atoms with Crippen molar-refractivity contribution in [3.8, 4) is 28.0 Å². The van der Waals surface area contributed by atoms with Crippen molar-refractivity contribution in [2.45, 2.75) is 13.3 Å². The summed E-state index contributed by atoms with van der Waals surface area (Å²) in [4.78, 5) is 0. The van der Waals surface area contributed by atoms with Crippen LogP contribution in [0.15, 0.2) is 113 Å². The number of oxazole rings is 1. The number of aryl methyl sites for hydroxylation is 1. The van der Waals surface area contributed by atoms with Crippen LogP contribution in [0.2, 0.25) is 0 Å². The van der Waals surface area contributed by atoms with Crippen molar-refractivity contribution >= 4 is 43.5 Å². The molecule has 0 atom stereocenters. The molecule has 0 bridgehead atoms. The fraction of sp³-hybridized carbons (Fsp3) is 0.0645. The monoisotopic (exact) mass is 617 g/mol. The van der Waals surface area contributed by atoms with Gasteiger partial charge in [-0.1, -0.05) is 73.7 Å². The van der Waals surface area contributed by atoms with Gasteiger partial charge in [0, 0.05) is 11.6 Å². The van der Waals surface area contributed by atoms with Crippen molar-refractivity contribution < 1.29 is 39.1 Å². The van der Waals surface area contributed by atoms with Gasteiger partial charge in [-0.25, -0.2) is 4.55 Å². The Kier molecular flexibility index (Phi) is 7.14. The first-order chi connectivity index (χ1) is 20.6. The van der Waals surface area contributed by atoms with Crippen molar-refractivity contribution in [3.05, 3.63) is 120 Å². The number of nitrogens with zero attached hydrogens (tertiary/aromatic N) is 2. The SMILES string of the molecule is CCc1c(-c2ccccc2)ccc2oc(C=CC=C3Oc4ccc(-c5ccccc5)cc4N3S(=O)(=O)O)[n+](S(=O)(=O)O)c12. The smallest absolute Gasteiger partial charge is 0.437 e. The average molecular weight is 618 g/mol. The Bertz CT molecular complexity index is 2140. The zero-order valence-electron chi connectivity index (χ0n) is 22.7. The van der Waals surface area contributed by atoms with E-state index in [0.29, 0.717) is 25.8 Å². The Morgan fingerprint density at radius 2 is 1.51 bits per heavy atom. The van der Waals surface area contributed by atoms with Gasteiger partial charge in [0.1, 0.15) is 5.69 Å². The molecule has 0 aliphatic carbocycles. The number of hydrogen-bond acceptors (Lipinski definition) is 6. The van der Waals surface area contributed by atoms with Gasteiger partial charge in [0.25, 0.3) is 5.52 Å². The number of hydrogen-bond donors (Lipinski definition) is 2. The van der Waals surface area contributed by atoms with Gasteiger partial charge in [0.2, 0.25) is 11.5 Å². The minimum Gasteiger partial charge on any atom is -0.437 e. The molecule has 10 nitrogen and oxygen atoms in total. The molecule has 0 unspecified atom stereocenters. The van der Waals surface area contributed by atoms with Crippen LogP contribution in [0.3, 0.4) is 0 Å². The number of ether oxygens (including phenoxy) is 1. The maximum Gasteiger partial charge on any atom is 0.515 e. The second-order valence-corrected chi connectivity index (χ2v) is 12.1. The molecule has 1 aliphatic rings. The highest BCUT2D eigenvalue weighted by Crippen LogP contribution is 2.43. The topological polar surface area (TPSA) is 138 Å². The molecule has 4 aromatic carbocycles. The summed E-state index contributed by atoms with van der Waals surface area (Å²) in [7, 11) is -9.64. The summed E-state index contributed by atoms with van der Waals surface area (Å²) in [5, 5.41) is 0. The Labute approximate surface area is 248 Å². The molecule has 0 saturated heterocycles. The van der Waals surface area contributed by atoms with E-state index in [0.717, 1.165) is 16.7 Å². The molecule has 0 amide bonds. The Hall–Kier alpha value is -4.75. The van der Waals surface area contributed by atoms with Crippen LogP contribution in [0.1, 0.15) is 18.4 Å². The van der Waals surface area contributed by atoms with E-state index in [4.69, 9.17) is 9.15 Å². The molecule has 6 rings (SSSR count). The van der Waals surface area contributed by atoms with Crippen molar-refractivity contribution in [1.82, 2.24) is 0 Å². The molecule has 0 radical (unpaired) electrons. The first-order valence-electron chi connectivity index (χ1n) is 13.1. The van der Waals surface area contributed by atoms with Gasteiger partial charge in [0.05, 0.1) is 6.08 Å². The predicted molar refractivity (Wildman–Crippen MR) is 162 cm³/mol. The van der Waals surface area contributed by atoms with Gasteiger partial charge in [0.15, 0.2) is 5.75 Å². The van der Waals surface area contributed by atoms with Gasteiger partial charge < -0.3 is 9.15 Å². The Balaban J connectivity index is 1.43. The van der Waals surface area contributed by atoms with Crippen LogP contribution in [0, 0.1) is 0 Å². The molecule has 0 fully saturated rings. The summed E-state index contributed by atoms with van der Waals surface area (Å²) >= 11 is 0. The zero-order chi connectivity index (χ0) is 30.4. The lowest BCUT2D eigenvalue weighted by Gasteiger charge is -2.13. The number of allylic oxidation sites excluding steroid dienone is 2. The fourth-order valence-corrected chi connectivity index (χ4v) is 6.63. The molecule has 2 heterocycles. The van der Waals surface area contributed by atoms with Gasteiger partial charge in [-0.05, 0) is 63.0 Å². The van der Waals surface area contributed by atoms with Crippen molar-refractivity contribution in [3.63, 3.8) is 0 Å². The van der Waals surface area contributed by atoms with E-state index in [-0.39, 0.29) is 34.3 Å². The zero-order valence-corrected chi connectivity index (χ0v) is 24.3.